The highest BCUT2D eigenvalue weighted by Gasteiger charge is 2.41. The molecule has 1 unspecified atom stereocenters. The Kier molecular flexibility index (Phi) is 12.5. The Morgan fingerprint density at radius 1 is 1.00 bits per heavy atom. The predicted molar refractivity (Wildman–Crippen MR) is 116 cm³/mol. The van der Waals surface area contributed by atoms with Gasteiger partial charge in [0.25, 0.3) is 8.48 Å². The van der Waals surface area contributed by atoms with Gasteiger partial charge in [-0.05, 0) is 59.7 Å². The van der Waals surface area contributed by atoms with E-state index in [2.05, 4.69) is 28.7 Å². The zero-order chi connectivity index (χ0) is 20.9. The van der Waals surface area contributed by atoms with E-state index >= 15 is 0 Å². The smallest absolute Gasteiger partial charge is 0.403 e. The molecule has 1 rings (SSSR count). The number of nitrogens with one attached hydrogen (secondary N) is 2. The van der Waals surface area contributed by atoms with Gasteiger partial charge in [-0.2, -0.15) is 0 Å². The molecule has 1 heterocycles. The summed E-state index contributed by atoms with van der Waals surface area (Å²) in [6.07, 6.45) is 1.96. The second-order valence-corrected chi connectivity index (χ2v) is 13.5. The molecule has 0 bridgehead atoms. The maximum absolute atomic E-state index is 12.1. The van der Waals surface area contributed by atoms with Crippen molar-refractivity contribution in [2.45, 2.75) is 59.2 Å². The molecule has 1 aliphatic heterocycles. The fourth-order valence-electron chi connectivity index (χ4n) is 3.69. The van der Waals surface area contributed by atoms with E-state index in [1.54, 1.807) is 0 Å². The molecule has 166 valence electrons. The topological polar surface area (TPSA) is 81.3 Å². The number of rotatable bonds is 15. The van der Waals surface area contributed by atoms with Crippen LogP contribution in [0.3, 0.4) is 0 Å². The summed E-state index contributed by atoms with van der Waals surface area (Å²) in [6, 6.07) is 1.75. The van der Waals surface area contributed by atoms with Crippen LogP contribution in [0.4, 0.5) is 4.79 Å². The van der Waals surface area contributed by atoms with Gasteiger partial charge in [0, 0.05) is 52.1 Å². The fourth-order valence-corrected chi connectivity index (χ4v) is 9.60. The van der Waals surface area contributed by atoms with Crippen molar-refractivity contribution in [3.63, 3.8) is 0 Å². The molecule has 8 nitrogen and oxygen atoms in total. The lowest BCUT2D eigenvalue weighted by Gasteiger charge is -2.32. The number of carbonyl (C=O) groups is 1. The average molecular weight is 436 g/mol. The van der Waals surface area contributed by atoms with Crippen LogP contribution < -0.4 is 10.6 Å². The average Bonchev–Trinajstić information content (AvgIpc) is 3.00. The maximum atomic E-state index is 12.1. The maximum Gasteiger partial charge on any atom is 0.500 e. The van der Waals surface area contributed by atoms with Crippen LogP contribution in [-0.2, 0) is 17.7 Å². The number of urea groups is 1. The molecule has 28 heavy (non-hydrogen) atoms. The van der Waals surface area contributed by atoms with Crippen molar-refractivity contribution in [1.29, 1.82) is 0 Å². The normalized spacial score (nSPS) is 20.5. The first-order valence-electron chi connectivity index (χ1n) is 10.8. The van der Waals surface area contributed by atoms with E-state index in [4.69, 9.17) is 17.7 Å². The molecular weight excluding hydrogens is 394 g/mol. The first kappa shape index (κ1) is 25.5. The largest absolute Gasteiger partial charge is 0.500 e. The molecule has 0 radical (unpaired) electrons. The van der Waals surface area contributed by atoms with Gasteiger partial charge in [-0.15, -0.1) is 0 Å². The number of hydrogen-bond donors (Lipinski definition) is 2. The van der Waals surface area contributed by atoms with Crippen LogP contribution in [0.25, 0.3) is 0 Å². The highest BCUT2D eigenvalue weighted by atomic mass is 28.4. The number of amides is 2. The van der Waals surface area contributed by atoms with Crippen LogP contribution in [0.15, 0.2) is 0 Å². The zero-order valence-corrected chi connectivity index (χ0v) is 20.5. The van der Waals surface area contributed by atoms with Gasteiger partial charge in [0.05, 0.1) is 0 Å². The van der Waals surface area contributed by atoms with E-state index in [0.29, 0.717) is 39.0 Å². The molecule has 0 aromatic rings. The minimum Gasteiger partial charge on any atom is -0.403 e. The molecule has 0 aliphatic carbocycles. The molecule has 0 aromatic heterocycles. The minimum absolute atomic E-state index is 0.129. The quantitative estimate of drug-likeness (QED) is 0.304. The molecule has 2 amide bonds. The Bertz CT molecular complexity index is 430. The van der Waals surface area contributed by atoms with Gasteiger partial charge in [-0.3, -0.25) is 0 Å². The molecule has 10 heteroatoms. The van der Waals surface area contributed by atoms with E-state index < -0.39 is 17.3 Å². The molecule has 0 aromatic carbocycles. The minimum atomic E-state index is -2.62. The van der Waals surface area contributed by atoms with Crippen molar-refractivity contribution in [3.05, 3.63) is 0 Å². The van der Waals surface area contributed by atoms with Crippen LogP contribution in [0.5, 0.6) is 0 Å². The molecule has 2 N–H and O–H groups in total. The van der Waals surface area contributed by atoms with E-state index in [-0.39, 0.29) is 6.03 Å². The van der Waals surface area contributed by atoms with Gasteiger partial charge >= 0.3 is 14.8 Å². The number of hydrogen-bond acceptors (Lipinski definition) is 6. The summed E-state index contributed by atoms with van der Waals surface area (Å²) in [5.41, 5.74) is 0. The summed E-state index contributed by atoms with van der Waals surface area (Å²) in [7, 11) is -4.36. The molecule has 1 fully saturated rings. The summed E-state index contributed by atoms with van der Waals surface area (Å²) in [5, 5.41) is 5.88. The Hall–Kier alpha value is -0.496. The molecule has 0 spiro atoms. The number of carbonyl (C=O) groups excluding carboxylic acids is 1. The third kappa shape index (κ3) is 8.48. The predicted octanol–water partition coefficient (Wildman–Crippen LogP) is 2.54. The third-order valence-corrected chi connectivity index (χ3v) is 12.0. The number of nitrogens with zero attached hydrogens (tertiary/aromatic N) is 1. The summed E-state index contributed by atoms with van der Waals surface area (Å²) in [4.78, 5) is 12.1. The standard InChI is InChI=1S/C18H41N3O5Si2/c1-6-23-27(5)16-11-14-21(27)15-13-20-18(22)19-12-10-17-28(24-7-2,25-8-3)26-9-4/h6-17H2,1-5H3,(H2,19,20,22). The lowest BCUT2D eigenvalue weighted by Crippen LogP contribution is -2.52. The van der Waals surface area contributed by atoms with Crippen LogP contribution in [0.1, 0.15) is 40.5 Å². The zero-order valence-electron chi connectivity index (χ0n) is 18.5. The van der Waals surface area contributed by atoms with Gasteiger partial charge in [0.1, 0.15) is 0 Å². The summed E-state index contributed by atoms with van der Waals surface area (Å²) >= 11 is 0. The molecule has 1 atom stereocenters. The van der Waals surface area contributed by atoms with Crippen LogP contribution >= 0.6 is 0 Å². The van der Waals surface area contributed by atoms with Crippen molar-refractivity contribution in [2.24, 2.45) is 0 Å². The summed E-state index contributed by atoms with van der Waals surface area (Å²) < 4.78 is 26.0. The monoisotopic (exact) mass is 435 g/mol. The highest BCUT2D eigenvalue weighted by molar-refractivity contribution is 6.70. The second-order valence-electron chi connectivity index (χ2n) is 6.97. The third-order valence-electron chi connectivity index (χ3n) is 4.90. The van der Waals surface area contributed by atoms with E-state index in [9.17, 15) is 4.79 Å². The summed E-state index contributed by atoms with van der Waals surface area (Å²) in [6.45, 7) is 15.8. The van der Waals surface area contributed by atoms with Gasteiger partial charge in [0.15, 0.2) is 0 Å². The lowest BCUT2D eigenvalue weighted by atomic mass is 10.4. The van der Waals surface area contributed by atoms with Crippen molar-refractivity contribution in [2.75, 3.05) is 52.6 Å². The van der Waals surface area contributed by atoms with Crippen molar-refractivity contribution in [1.82, 2.24) is 15.2 Å². The Morgan fingerprint density at radius 3 is 2.18 bits per heavy atom. The van der Waals surface area contributed by atoms with Crippen LogP contribution in [0, 0.1) is 0 Å². The molecular formula is C18H41N3O5Si2. The highest BCUT2D eigenvalue weighted by Crippen LogP contribution is 2.26. The SMILES string of the molecule is CCO[Si](CCCNC(=O)NCCN1CCC[Si]1(C)OCC)(OCC)OCC. The molecule has 1 aliphatic rings. The van der Waals surface area contributed by atoms with Gasteiger partial charge < -0.3 is 32.9 Å². The molecule has 0 saturated carbocycles. The van der Waals surface area contributed by atoms with Crippen molar-refractivity contribution in [3.8, 4) is 0 Å². The second kappa shape index (κ2) is 13.7. The van der Waals surface area contributed by atoms with Crippen molar-refractivity contribution >= 4 is 23.3 Å². The van der Waals surface area contributed by atoms with Gasteiger partial charge in [-0.25, -0.2) is 4.79 Å². The first-order valence-corrected chi connectivity index (χ1v) is 15.3. The van der Waals surface area contributed by atoms with E-state index in [1.165, 1.54) is 12.5 Å². The van der Waals surface area contributed by atoms with Crippen LogP contribution in [0.2, 0.25) is 18.6 Å². The van der Waals surface area contributed by atoms with Gasteiger partial charge in [0.2, 0.25) is 0 Å². The summed E-state index contributed by atoms with van der Waals surface area (Å²) in [5.74, 6) is 0. The Labute approximate surface area is 173 Å². The Morgan fingerprint density at radius 2 is 1.61 bits per heavy atom. The lowest BCUT2D eigenvalue weighted by molar-refractivity contribution is 0.0708. The first-order chi connectivity index (χ1) is 13.4. The van der Waals surface area contributed by atoms with Crippen LogP contribution in [-0.4, -0.2) is 80.5 Å². The van der Waals surface area contributed by atoms with Crippen molar-refractivity contribution < 1.29 is 22.5 Å². The molecule has 1 saturated heterocycles. The fraction of sp³-hybridized carbons (Fsp3) is 0.944. The van der Waals surface area contributed by atoms with E-state index in [0.717, 1.165) is 26.1 Å². The Balaban J connectivity index is 2.27. The van der Waals surface area contributed by atoms with Gasteiger partial charge in [-0.1, -0.05) is 0 Å². The van der Waals surface area contributed by atoms with E-state index in [1.807, 2.05) is 20.8 Å².